The average Bonchev–Trinajstić information content (AvgIpc) is 2.98. The number of nitrogens with one attached hydrogen (secondary N) is 2. The standard InChI is InChI=1S/C12H13N3O4S2/c1-13-9-4-5-12(11(7-9)15(16)17)21(18,19)14-8-10-3-2-6-20-10/h2-7,13-14H,8H2,1H3. The van der Waals surface area contributed by atoms with Crippen LogP contribution >= 0.6 is 11.3 Å². The monoisotopic (exact) mass is 327 g/mol. The Morgan fingerprint density at radius 1 is 1.33 bits per heavy atom. The van der Waals surface area contributed by atoms with E-state index in [1.54, 1.807) is 19.2 Å². The fraction of sp³-hybridized carbons (Fsp3) is 0.167. The van der Waals surface area contributed by atoms with E-state index in [1.165, 1.54) is 29.5 Å². The normalized spacial score (nSPS) is 11.3. The third kappa shape index (κ3) is 3.57. The number of rotatable bonds is 6. The second kappa shape index (κ2) is 6.20. The van der Waals surface area contributed by atoms with Gasteiger partial charge in [-0.3, -0.25) is 10.1 Å². The molecule has 0 unspecified atom stereocenters. The third-order valence-electron chi connectivity index (χ3n) is 2.75. The SMILES string of the molecule is CNc1ccc(S(=O)(=O)NCc2cccs2)c([N+](=O)[O-])c1. The van der Waals surface area contributed by atoms with Crippen molar-refractivity contribution < 1.29 is 13.3 Å². The Labute approximate surface area is 125 Å². The molecule has 0 aliphatic rings. The second-order valence-corrected chi connectivity index (χ2v) is 6.86. The van der Waals surface area contributed by atoms with Crippen LogP contribution < -0.4 is 10.0 Å². The van der Waals surface area contributed by atoms with E-state index in [0.717, 1.165) is 4.88 Å². The zero-order valence-electron chi connectivity index (χ0n) is 11.1. The summed E-state index contributed by atoms with van der Waals surface area (Å²) in [5.74, 6) is 0. The van der Waals surface area contributed by atoms with Crippen LogP contribution in [0.1, 0.15) is 4.88 Å². The molecule has 0 radical (unpaired) electrons. The lowest BCUT2D eigenvalue weighted by Crippen LogP contribution is -2.23. The number of anilines is 1. The van der Waals surface area contributed by atoms with Gasteiger partial charge in [-0.15, -0.1) is 11.3 Å². The van der Waals surface area contributed by atoms with Crippen molar-refractivity contribution in [3.05, 3.63) is 50.7 Å². The van der Waals surface area contributed by atoms with Gasteiger partial charge in [-0.05, 0) is 23.6 Å². The van der Waals surface area contributed by atoms with Gasteiger partial charge in [-0.1, -0.05) is 6.07 Å². The molecule has 0 aliphatic carbocycles. The summed E-state index contributed by atoms with van der Waals surface area (Å²) in [5, 5.41) is 15.6. The van der Waals surface area contributed by atoms with Crippen LogP contribution in [0.25, 0.3) is 0 Å². The van der Waals surface area contributed by atoms with E-state index in [1.807, 2.05) is 5.38 Å². The summed E-state index contributed by atoms with van der Waals surface area (Å²) in [6.45, 7) is 0.102. The third-order valence-corrected chi connectivity index (χ3v) is 5.08. The smallest absolute Gasteiger partial charge is 0.291 e. The highest BCUT2D eigenvalue weighted by Gasteiger charge is 2.25. The summed E-state index contributed by atoms with van der Waals surface area (Å²) in [5.41, 5.74) is 0.0134. The molecule has 0 amide bonds. The first-order chi connectivity index (χ1) is 9.94. The summed E-state index contributed by atoms with van der Waals surface area (Å²) in [6.07, 6.45) is 0. The van der Waals surface area contributed by atoms with Crippen molar-refractivity contribution in [1.29, 1.82) is 0 Å². The fourth-order valence-corrected chi connectivity index (χ4v) is 3.59. The van der Waals surface area contributed by atoms with Gasteiger partial charge in [0.05, 0.1) is 4.92 Å². The Hall–Kier alpha value is -1.97. The molecule has 0 fully saturated rings. The predicted molar refractivity (Wildman–Crippen MR) is 81.0 cm³/mol. The van der Waals surface area contributed by atoms with Gasteiger partial charge in [-0.2, -0.15) is 0 Å². The molecule has 2 aromatic rings. The van der Waals surface area contributed by atoms with E-state index in [0.29, 0.717) is 5.69 Å². The molecule has 9 heteroatoms. The van der Waals surface area contributed by atoms with Crippen LogP contribution in [0.4, 0.5) is 11.4 Å². The van der Waals surface area contributed by atoms with E-state index < -0.39 is 20.6 Å². The number of thiophene rings is 1. The highest BCUT2D eigenvalue weighted by Crippen LogP contribution is 2.27. The molecule has 0 aliphatic heterocycles. The van der Waals surface area contributed by atoms with Crippen molar-refractivity contribution in [2.75, 3.05) is 12.4 Å². The van der Waals surface area contributed by atoms with Crippen LogP contribution in [0.2, 0.25) is 0 Å². The molecule has 112 valence electrons. The molecule has 0 atom stereocenters. The van der Waals surface area contributed by atoms with E-state index in [-0.39, 0.29) is 11.4 Å². The lowest BCUT2D eigenvalue weighted by molar-refractivity contribution is -0.387. The minimum absolute atomic E-state index is 0.102. The first-order valence-corrected chi connectivity index (χ1v) is 8.28. The summed E-state index contributed by atoms with van der Waals surface area (Å²) >= 11 is 1.40. The van der Waals surface area contributed by atoms with Crippen molar-refractivity contribution in [2.24, 2.45) is 0 Å². The average molecular weight is 327 g/mol. The second-order valence-electron chi connectivity index (χ2n) is 4.09. The molecule has 1 aromatic heterocycles. The molecule has 1 aromatic carbocycles. The quantitative estimate of drug-likeness (QED) is 0.625. The highest BCUT2D eigenvalue weighted by molar-refractivity contribution is 7.89. The zero-order chi connectivity index (χ0) is 15.5. The summed E-state index contributed by atoms with van der Waals surface area (Å²) in [4.78, 5) is 10.8. The van der Waals surface area contributed by atoms with Gasteiger partial charge in [0, 0.05) is 30.2 Å². The van der Waals surface area contributed by atoms with Gasteiger partial charge < -0.3 is 5.32 Å². The molecule has 0 saturated carbocycles. The molecule has 7 nitrogen and oxygen atoms in total. The molecule has 2 N–H and O–H groups in total. The van der Waals surface area contributed by atoms with Gasteiger partial charge in [0.2, 0.25) is 10.0 Å². The van der Waals surface area contributed by atoms with Crippen LogP contribution in [0.5, 0.6) is 0 Å². The maximum atomic E-state index is 12.2. The Morgan fingerprint density at radius 2 is 2.10 bits per heavy atom. The summed E-state index contributed by atoms with van der Waals surface area (Å²) < 4.78 is 26.8. The molecule has 0 spiro atoms. The van der Waals surface area contributed by atoms with Gasteiger partial charge in [-0.25, -0.2) is 13.1 Å². The summed E-state index contributed by atoms with van der Waals surface area (Å²) in [6, 6.07) is 7.48. The number of sulfonamides is 1. The van der Waals surface area contributed by atoms with Gasteiger partial charge >= 0.3 is 0 Å². The van der Waals surface area contributed by atoms with Gasteiger partial charge in [0.1, 0.15) is 0 Å². The Bertz CT molecular complexity index is 742. The molecule has 1 heterocycles. The van der Waals surface area contributed by atoms with Crippen LogP contribution in [0.3, 0.4) is 0 Å². The number of nitro groups is 1. The van der Waals surface area contributed by atoms with E-state index >= 15 is 0 Å². The Kier molecular flexibility index (Phi) is 4.56. The number of benzene rings is 1. The zero-order valence-corrected chi connectivity index (χ0v) is 12.7. The molecular weight excluding hydrogens is 314 g/mol. The van der Waals surface area contributed by atoms with Crippen molar-refractivity contribution >= 4 is 32.7 Å². The van der Waals surface area contributed by atoms with Crippen molar-refractivity contribution in [1.82, 2.24) is 4.72 Å². The fourth-order valence-electron chi connectivity index (χ4n) is 1.70. The van der Waals surface area contributed by atoms with Crippen molar-refractivity contribution in [3.8, 4) is 0 Å². The number of nitro benzene ring substituents is 1. The molecule has 0 bridgehead atoms. The van der Waals surface area contributed by atoms with Crippen LogP contribution in [-0.2, 0) is 16.6 Å². The number of nitrogens with zero attached hydrogens (tertiary/aromatic N) is 1. The van der Waals surface area contributed by atoms with Gasteiger partial charge in [0.15, 0.2) is 4.90 Å². The first-order valence-electron chi connectivity index (χ1n) is 5.92. The molecule has 21 heavy (non-hydrogen) atoms. The summed E-state index contributed by atoms with van der Waals surface area (Å²) in [7, 11) is -2.35. The van der Waals surface area contributed by atoms with Crippen molar-refractivity contribution in [2.45, 2.75) is 11.4 Å². The highest BCUT2D eigenvalue weighted by atomic mass is 32.2. The lowest BCUT2D eigenvalue weighted by Gasteiger charge is -2.08. The Balaban J connectivity index is 2.32. The van der Waals surface area contributed by atoms with E-state index in [4.69, 9.17) is 0 Å². The predicted octanol–water partition coefficient (Wildman–Crippen LogP) is 2.18. The van der Waals surface area contributed by atoms with Crippen LogP contribution in [0.15, 0.2) is 40.6 Å². The molecule has 2 rings (SSSR count). The minimum Gasteiger partial charge on any atom is -0.388 e. The first kappa shape index (κ1) is 15.4. The number of hydrogen-bond acceptors (Lipinski definition) is 6. The topological polar surface area (TPSA) is 101 Å². The molecule has 0 saturated heterocycles. The minimum atomic E-state index is -3.95. The number of hydrogen-bond donors (Lipinski definition) is 2. The van der Waals surface area contributed by atoms with E-state index in [2.05, 4.69) is 10.0 Å². The van der Waals surface area contributed by atoms with Crippen LogP contribution in [-0.4, -0.2) is 20.4 Å². The Morgan fingerprint density at radius 3 is 2.67 bits per heavy atom. The maximum Gasteiger partial charge on any atom is 0.291 e. The lowest BCUT2D eigenvalue weighted by atomic mass is 10.3. The van der Waals surface area contributed by atoms with Crippen LogP contribution in [0, 0.1) is 10.1 Å². The van der Waals surface area contributed by atoms with Gasteiger partial charge in [0.25, 0.3) is 5.69 Å². The molecular formula is C12H13N3O4S2. The van der Waals surface area contributed by atoms with Crippen molar-refractivity contribution in [3.63, 3.8) is 0 Å². The maximum absolute atomic E-state index is 12.2. The largest absolute Gasteiger partial charge is 0.388 e. The van der Waals surface area contributed by atoms with E-state index in [9.17, 15) is 18.5 Å².